The molecule has 15 heavy (non-hydrogen) atoms. The molecule has 0 aliphatic carbocycles. The molecular formula is C12H15NO2. The quantitative estimate of drug-likeness (QED) is 0.649. The van der Waals surface area contributed by atoms with Gasteiger partial charge in [-0.2, -0.15) is 0 Å². The lowest BCUT2D eigenvalue weighted by molar-refractivity contribution is -0.127. The number of rotatable bonds is 0. The standard InChI is InChI=1S/C12H15NO2/c1-12(2)8-15-10-7-5-4-6-9(10)13(3)11(12)14/h4-7H,8H2,1-3H3. The van der Waals surface area contributed by atoms with Crippen molar-refractivity contribution < 1.29 is 9.53 Å². The number of amides is 1. The van der Waals surface area contributed by atoms with E-state index in [9.17, 15) is 4.79 Å². The largest absolute Gasteiger partial charge is 0.490 e. The van der Waals surface area contributed by atoms with Crippen LogP contribution in [0, 0.1) is 5.41 Å². The smallest absolute Gasteiger partial charge is 0.235 e. The molecule has 0 radical (unpaired) electrons. The van der Waals surface area contributed by atoms with Crippen LogP contribution in [0.25, 0.3) is 0 Å². The molecule has 0 atom stereocenters. The zero-order valence-electron chi connectivity index (χ0n) is 9.28. The van der Waals surface area contributed by atoms with Crippen LogP contribution in [0.5, 0.6) is 5.75 Å². The number of hydrogen-bond acceptors (Lipinski definition) is 2. The second-order valence-electron chi connectivity index (χ2n) is 4.50. The molecule has 2 rings (SSSR count). The fraction of sp³-hybridized carbons (Fsp3) is 0.417. The Hall–Kier alpha value is -1.51. The monoisotopic (exact) mass is 205 g/mol. The predicted molar refractivity (Wildman–Crippen MR) is 59.1 cm³/mol. The summed E-state index contributed by atoms with van der Waals surface area (Å²) in [7, 11) is 1.79. The summed E-state index contributed by atoms with van der Waals surface area (Å²) in [5, 5.41) is 0. The Morgan fingerprint density at radius 2 is 2.00 bits per heavy atom. The van der Waals surface area contributed by atoms with Gasteiger partial charge in [-0.15, -0.1) is 0 Å². The molecule has 1 aliphatic heterocycles. The normalized spacial score (nSPS) is 19.1. The van der Waals surface area contributed by atoms with Crippen LogP contribution in [0.3, 0.4) is 0 Å². The van der Waals surface area contributed by atoms with Crippen molar-refractivity contribution in [3.63, 3.8) is 0 Å². The molecule has 0 saturated carbocycles. The molecular weight excluding hydrogens is 190 g/mol. The second-order valence-corrected chi connectivity index (χ2v) is 4.50. The van der Waals surface area contributed by atoms with E-state index in [0.717, 1.165) is 11.4 Å². The SMILES string of the molecule is CN1C(=O)C(C)(C)COc2ccccc21. The first-order chi connectivity index (χ1) is 7.02. The molecule has 0 fully saturated rings. The van der Waals surface area contributed by atoms with E-state index in [1.807, 2.05) is 38.1 Å². The van der Waals surface area contributed by atoms with Gasteiger partial charge in [-0.3, -0.25) is 4.79 Å². The third kappa shape index (κ3) is 1.58. The lowest BCUT2D eigenvalue weighted by Gasteiger charge is -2.24. The van der Waals surface area contributed by atoms with E-state index in [0.29, 0.717) is 6.61 Å². The summed E-state index contributed by atoms with van der Waals surface area (Å²) in [5.74, 6) is 0.867. The van der Waals surface area contributed by atoms with Gasteiger partial charge in [0.2, 0.25) is 5.91 Å². The summed E-state index contributed by atoms with van der Waals surface area (Å²) >= 11 is 0. The maximum absolute atomic E-state index is 12.1. The van der Waals surface area contributed by atoms with Crippen LogP contribution in [-0.4, -0.2) is 19.6 Å². The van der Waals surface area contributed by atoms with E-state index >= 15 is 0 Å². The zero-order chi connectivity index (χ0) is 11.1. The van der Waals surface area contributed by atoms with Gasteiger partial charge in [0.25, 0.3) is 0 Å². The van der Waals surface area contributed by atoms with Crippen molar-refractivity contribution in [2.75, 3.05) is 18.6 Å². The highest BCUT2D eigenvalue weighted by Crippen LogP contribution is 2.34. The van der Waals surface area contributed by atoms with Gasteiger partial charge in [-0.1, -0.05) is 12.1 Å². The Morgan fingerprint density at radius 1 is 1.33 bits per heavy atom. The maximum Gasteiger partial charge on any atom is 0.235 e. The fourth-order valence-corrected chi connectivity index (χ4v) is 1.74. The van der Waals surface area contributed by atoms with E-state index in [1.165, 1.54) is 0 Å². The second kappa shape index (κ2) is 3.26. The van der Waals surface area contributed by atoms with Gasteiger partial charge in [0.1, 0.15) is 12.4 Å². The van der Waals surface area contributed by atoms with Crippen molar-refractivity contribution in [2.24, 2.45) is 5.41 Å². The highest BCUT2D eigenvalue weighted by Gasteiger charge is 2.35. The first-order valence-corrected chi connectivity index (χ1v) is 5.02. The molecule has 0 unspecified atom stereocenters. The summed E-state index contributed by atoms with van der Waals surface area (Å²) < 4.78 is 5.64. The fourth-order valence-electron chi connectivity index (χ4n) is 1.74. The van der Waals surface area contributed by atoms with E-state index in [1.54, 1.807) is 11.9 Å². The molecule has 0 N–H and O–H groups in total. The number of ether oxygens (including phenoxy) is 1. The van der Waals surface area contributed by atoms with E-state index in [4.69, 9.17) is 4.74 Å². The minimum atomic E-state index is -0.465. The van der Waals surface area contributed by atoms with Crippen LogP contribution in [0.15, 0.2) is 24.3 Å². The van der Waals surface area contributed by atoms with Crippen molar-refractivity contribution >= 4 is 11.6 Å². The lowest BCUT2D eigenvalue weighted by Crippen LogP contribution is -2.39. The lowest BCUT2D eigenvalue weighted by atomic mass is 9.93. The van der Waals surface area contributed by atoms with Crippen molar-refractivity contribution in [2.45, 2.75) is 13.8 Å². The molecule has 0 spiro atoms. The summed E-state index contributed by atoms with van der Waals surface area (Å²) in [4.78, 5) is 13.7. The number of para-hydroxylation sites is 2. The maximum atomic E-state index is 12.1. The molecule has 3 nitrogen and oxygen atoms in total. The number of benzene rings is 1. The van der Waals surface area contributed by atoms with Gasteiger partial charge >= 0.3 is 0 Å². The Balaban J connectivity index is 2.48. The molecule has 1 aliphatic rings. The van der Waals surface area contributed by atoms with Crippen LogP contribution in [0.1, 0.15) is 13.8 Å². The molecule has 0 aromatic heterocycles. The first-order valence-electron chi connectivity index (χ1n) is 5.02. The van der Waals surface area contributed by atoms with E-state index < -0.39 is 5.41 Å². The van der Waals surface area contributed by atoms with Crippen molar-refractivity contribution in [1.82, 2.24) is 0 Å². The Morgan fingerprint density at radius 3 is 2.73 bits per heavy atom. The molecule has 80 valence electrons. The van der Waals surface area contributed by atoms with Crippen LogP contribution in [-0.2, 0) is 4.79 Å². The minimum Gasteiger partial charge on any atom is -0.490 e. The molecule has 3 heteroatoms. The average molecular weight is 205 g/mol. The Labute approximate surface area is 89.7 Å². The van der Waals surface area contributed by atoms with Gasteiger partial charge < -0.3 is 9.64 Å². The first kappa shape index (κ1) is 10.0. The van der Waals surface area contributed by atoms with E-state index in [2.05, 4.69) is 0 Å². The Kier molecular flexibility index (Phi) is 2.18. The number of carbonyl (C=O) groups is 1. The topological polar surface area (TPSA) is 29.5 Å². The van der Waals surface area contributed by atoms with Crippen LogP contribution < -0.4 is 9.64 Å². The zero-order valence-corrected chi connectivity index (χ0v) is 9.28. The number of nitrogens with zero attached hydrogens (tertiary/aromatic N) is 1. The number of anilines is 1. The van der Waals surface area contributed by atoms with Crippen molar-refractivity contribution in [3.05, 3.63) is 24.3 Å². The van der Waals surface area contributed by atoms with Gasteiger partial charge in [0.05, 0.1) is 11.1 Å². The summed E-state index contributed by atoms with van der Waals surface area (Å²) in [6, 6.07) is 7.61. The number of carbonyl (C=O) groups excluding carboxylic acids is 1. The van der Waals surface area contributed by atoms with Gasteiger partial charge in [-0.25, -0.2) is 0 Å². The van der Waals surface area contributed by atoms with Crippen LogP contribution in [0.4, 0.5) is 5.69 Å². The van der Waals surface area contributed by atoms with Crippen LogP contribution in [0.2, 0.25) is 0 Å². The van der Waals surface area contributed by atoms with Crippen molar-refractivity contribution in [3.8, 4) is 5.75 Å². The molecule has 1 aromatic carbocycles. The molecule has 1 amide bonds. The van der Waals surface area contributed by atoms with E-state index in [-0.39, 0.29) is 5.91 Å². The van der Waals surface area contributed by atoms with Gasteiger partial charge in [-0.05, 0) is 26.0 Å². The predicted octanol–water partition coefficient (Wildman–Crippen LogP) is 2.07. The minimum absolute atomic E-state index is 0.0902. The Bertz CT molecular complexity index is 398. The molecule has 1 aromatic rings. The average Bonchev–Trinajstić information content (AvgIpc) is 2.31. The molecule has 1 heterocycles. The summed E-state index contributed by atoms with van der Waals surface area (Å²) in [6.07, 6.45) is 0. The third-order valence-corrected chi connectivity index (χ3v) is 2.70. The van der Waals surface area contributed by atoms with Gasteiger partial charge in [0, 0.05) is 7.05 Å². The molecule has 0 bridgehead atoms. The number of fused-ring (bicyclic) bond motifs is 1. The van der Waals surface area contributed by atoms with Crippen molar-refractivity contribution in [1.29, 1.82) is 0 Å². The van der Waals surface area contributed by atoms with Gasteiger partial charge in [0.15, 0.2) is 0 Å². The highest BCUT2D eigenvalue weighted by molar-refractivity contribution is 5.98. The summed E-state index contributed by atoms with van der Waals surface area (Å²) in [5.41, 5.74) is 0.376. The third-order valence-electron chi connectivity index (χ3n) is 2.70. The van der Waals surface area contributed by atoms with Crippen LogP contribution >= 0.6 is 0 Å². The molecule has 0 saturated heterocycles. The highest BCUT2D eigenvalue weighted by atomic mass is 16.5. The number of hydrogen-bond donors (Lipinski definition) is 0. The summed E-state index contributed by atoms with van der Waals surface area (Å²) in [6.45, 7) is 4.22.